The number of nitrogens with one attached hydrogen (secondary N) is 1. The Morgan fingerprint density at radius 3 is 2.38 bits per heavy atom. The molecule has 0 radical (unpaired) electrons. The number of aromatic nitrogens is 1. The lowest BCUT2D eigenvalue weighted by atomic mass is 10.1. The SMILES string of the molecule is CCNC(CC)c1ccc(Sc2ccc(C)c(C)c2)cn1. The third-order valence-electron chi connectivity index (χ3n) is 3.69. The van der Waals surface area contributed by atoms with Gasteiger partial charge in [0.15, 0.2) is 0 Å². The molecule has 21 heavy (non-hydrogen) atoms. The molecule has 0 spiro atoms. The fourth-order valence-corrected chi connectivity index (χ4v) is 3.16. The van der Waals surface area contributed by atoms with E-state index in [2.05, 4.69) is 68.3 Å². The van der Waals surface area contributed by atoms with Crippen LogP contribution in [0.1, 0.15) is 43.1 Å². The van der Waals surface area contributed by atoms with Gasteiger partial charge in [-0.05, 0) is 62.2 Å². The molecule has 1 N–H and O–H groups in total. The van der Waals surface area contributed by atoms with Crippen LogP contribution in [0.15, 0.2) is 46.3 Å². The van der Waals surface area contributed by atoms with E-state index >= 15 is 0 Å². The normalized spacial score (nSPS) is 12.4. The van der Waals surface area contributed by atoms with Gasteiger partial charge in [-0.3, -0.25) is 4.98 Å². The molecular formula is C18H24N2S. The molecule has 0 amide bonds. The maximum absolute atomic E-state index is 4.62. The molecule has 1 aromatic carbocycles. The lowest BCUT2D eigenvalue weighted by molar-refractivity contribution is 0.524. The van der Waals surface area contributed by atoms with Crippen molar-refractivity contribution in [3.63, 3.8) is 0 Å². The zero-order valence-corrected chi connectivity index (χ0v) is 14.1. The molecule has 1 aromatic heterocycles. The van der Waals surface area contributed by atoms with Crippen LogP contribution in [-0.2, 0) is 0 Å². The van der Waals surface area contributed by atoms with E-state index in [-0.39, 0.29) is 0 Å². The monoisotopic (exact) mass is 300 g/mol. The second-order valence-electron chi connectivity index (χ2n) is 5.29. The third kappa shape index (κ3) is 4.32. The van der Waals surface area contributed by atoms with E-state index in [0.29, 0.717) is 6.04 Å². The van der Waals surface area contributed by atoms with Gasteiger partial charge in [0, 0.05) is 22.0 Å². The van der Waals surface area contributed by atoms with Crippen molar-refractivity contribution in [2.45, 2.75) is 49.9 Å². The van der Waals surface area contributed by atoms with Crippen molar-refractivity contribution in [2.75, 3.05) is 6.54 Å². The number of pyridine rings is 1. The summed E-state index contributed by atoms with van der Waals surface area (Å²) in [6.07, 6.45) is 3.04. The minimum atomic E-state index is 0.357. The van der Waals surface area contributed by atoms with E-state index in [4.69, 9.17) is 0 Å². The average Bonchev–Trinajstić information content (AvgIpc) is 2.49. The second-order valence-corrected chi connectivity index (χ2v) is 6.43. The van der Waals surface area contributed by atoms with Gasteiger partial charge in [-0.25, -0.2) is 0 Å². The summed E-state index contributed by atoms with van der Waals surface area (Å²) in [5, 5.41) is 3.46. The van der Waals surface area contributed by atoms with Crippen LogP contribution >= 0.6 is 11.8 Å². The Bertz CT molecular complexity index is 578. The number of aryl methyl sites for hydroxylation is 2. The van der Waals surface area contributed by atoms with Crippen molar-refractivity contribution in [1.82, 2.24) is 10.3 Å². The van der Waals surface area contributed by atoms with E-state index in [9.17, 15) is 0 Å². The standard InChI is InChI=1S/C18H24N2S/c1-5-17(19-6-2)18-10-9-16(12-20-18)21-15-8-7-13(3)14(4)11-15/h7-12,17,19H,5-6H2,1-4H3. The third-order valence-corrected chi connectivity index (χ3v) is 4.66. The van der Waals surface area contributed by atoms with Crippen molar-refractivity contribution in [2.24, 2.45) is 0 Å². The first-order valence-corrected chi connectivity index (χ1v) is 8.40. The van der Waals surface area contributed by atoms with Gasteiger partial charge in [0.1, 0.15) is 0 Å². The highest BCUT2D eigenvalue weighted by Gasteiger charge is 2.09. The van der Waals surface area contributed by atoms with Crippen LogP contribution in [0.2, 0.25) is 0 Å². The molecule has 0 bridgehead atoms. The maximum atomic E-state index is 4.62. The summed E-state index contributed by atoms with van der Waals surface area (Å²) in [5.74, 6) is 0. The van der Waals surface area contributed by atoms with Crippen LogP contribution in [-0.4, -0.2) is 11.5 Å². The Kier molecular flexibility index (Phi) is 5.83. The van der Waals surface area contributed by atoms with Gasteiger partial charge in [-0.15, -0.1) is 0 Å². The summed E-state index contributed by atoms with van der Waals surface area (Å²) in [7, 11) is 0. The molecule has 0 fully saturated rings. The second kappa shape index (κ2) is 7.62. The van der Waals surface area contributed by atoms with E-state index < -0.39 is 0 Å². The van der Waals surface area contributed by atoms with E-state index in [1.54, 1.807) is 11.8 Å². The first-order chi connectivity index (χ1) is 10.1. The maximum Gasteiger partial charge on any atom is 0.0573 e. The average molecular weight is 300 g/mol. The number of nitrogens with zero attached hydrogens (tertiary/aromatic N) is 1. The minimum absolute atomic E-state index is 0.357. The first-order valence-electron chi connectivity index (χ1n) is 7.58. The minimum Gasteiger partial charge on any atom is -0.309 e. The predicted octanol–water partition coefficient (Wildman–Crippen LogP) is 4.91. The molecule has 1 heterocycles. The summed E-state index contributed by atoms with van der Waals surface area (Å²) < 4.78 is 0. The number of hydrogen-bond acceptors (Lipinski definition) is 3. The van der Waals surface area contributed by atoms with Gasteiger partial charge < -0.3 is 5.32 Å². The molecule has 2 aromatic rings. The summed E-state index contributed by atoms with van der Waals surface area (Å²) >= 11 is 1.77. The fraction of sp³-hybridized carbons (Fsp3) is 0.389. The Morgan fingerprint density at radius 2 is 1.81 bits per heavy atom. The van der Waals surface area contributed by atoms with E-state index in [0.717, 1.165) is 18.7 Å². The predicted molar refractivity (Wildman–Crippen MR) is 91.0 cm³/mol. The van der Waals surface area contributed by atoms with Crippen LogP contribution in [0.4, 0.5) is 0 Å². The van der Waals surface area contributed by atoms with Crippen LogP contribution in [0.3, 0.4) is 0 Å². The fourth-order valence-electron chi connectivity index (χ4n) is 2.28. The Hall–Kier alpha value is -1.32. The van der Waals surface area contributed by atoms with Gasteiger partial charge in [0.2, 0.25) is 0 Å². The molecule has 112 valence electrons. The molecular weight excluding hydrogens is 276 g/mol. The van der Waals surface area contributed by atoms with Crippen LogP contribution < -0.4 is 5.32 Å². The molecule has 1 unspecified atom stereocenters. The van der Waals surface area contributed by atoms with E-state index in [1.165, 1.54) is 20.9 Å². The number of hydrogen-bond donors (Lipinski definition) is 1. The number of benzene rings is 1. The molecule has 0 saturated heterocycles. The van der Waals surface area contributed by atoms with Crippen molar-refractivity contribution in [3.8, 4) is 0 Å². The van der Waals surface area contributed by atoms with Crippen LogP contribution in [0.5, 0.6) is 0 Å². The van der Waals surface area contributed by atoms with Gasteiger partial charge in [-0.1, -0.05) is 31.7 Å². The van der Waals surface area contributed by atoms with Gasteiger partial charge in [0.05, 0.1) is 5.69 Å². The topological polar surface area (TPSA) is 24.9 Å². The largest absolute Gasteiger partial charge is 0.309 e. The molecule has 0 aliphatic carbocycles. The smallest absolute Gasteiger partial charge is 0.0573 e. The lowest BCUT2D eigenvalue weighted by Gasteiger charge is -2.15. The van der Waals surface area contributed by atoms with Crippen LogP contribution in [0.25, 0.3) is 0 Å². The molecule has 1 atom stereocenters. The molecule has 3 heteroatoms. The van der Waals surface area contributed by atoms with Crippen molar-refractivity contribution < 1.29 is 0 Å². The van der Waals surface area contributed by atoms with Gasteiger partial charge in [0.25, 0.3) is 0 Å². The molecule has 0 saturated carbocycles. The first kappa shape index (κ1) is 16.1. The zero-order chi connectivity index (χ0) is 15.2. The highest BCUT2D eigenvalue weighted by molar-refractivity contribution is 7.99. The lowest BCUT2D eigenvalue weighted by Crippen LogP contribution is -2.20. The summed E-state index contributed by atoms with van der Waals surface area (Å²) in [6, 6.07) is 11.3. The highest BCUT2D eigenvalue weighted by atomic mass is 32.2. The highest BCUT2D eigenvalue weighted by Crippen LogP contribution is 2.29. The quantitative estimate of drug-likeness (QED) is 0.820. The molecule has 0 aliphatic rings. The number of rotatable bonds is 6. The van der Waals surface area contributed by atoms with Gasteiger partial charge >= 0.3 is 0 Å². The Balaban J connectivity index is 2.09. The van der Waals surface area contributed by atoms with Crippen LogP contribution in [0, 0.1) is 13.8 Å². The summed E-state index contributed by atoms with van der Waals surface area (Å²) in [6.45, 7) is 9.59. The molecule has 2 nitrogen and oxygen atoms in total. The van der Waals surface area contributed by atoms with Crippen molar-refractivity contribution >= 4 is 11.8 Å². The van der Waals surface area contributed by atoms with Gasteiger partial charge in [-0.2, -0.15) is 0 Å². The van der Waals surface area contributed by atoms with Crippen molar-refractivity contribution in [3.05, 3.63) is 53.3 Å². The van der Waals surface area contributed by atoms with E-state index in [1.807, 2.05) is 6.20 Å². The summed E-state index contributed by atoms with van der Waals surface area (Å²) in [5.41, 5.74) is 3.80. The Morgan fingerprint density at radius 1 is 1.05 bits per heavy atom. The zero-order valence-electron chi connectivity index (χ0n) is 13.3. The van der Waals surface area contributed by atoms with Crippen molar-refractivity contribution in [1.29, 1.82) is 0 Å². The molecule has 0 aliphatic heterocycles. The summed E-state index contributed by atoms with van der Waals surface area (Å²) in [4.78, 5) is 7.08. The molecule has 2 rings (SSSR count). The Labute approximate surface area is 132 Å².